The summed E-state index contributed by atoms with van der Waals surface area (Å²) in [5.41, 5.74) is 5.41. The van der Waals surface area contributed by atoms with Gasteiger partial charge in [0, 0.05) is 36.4 Å². The Hall–Kier alpha value is -4.10. The molecule has 0 aliphatic heterocycles. The van der Waals surface area contributed by atoms with Crippen LogP contribution in [0, 0.1) is 24.4 Å². The van der Waals surface area contributed by atoms with Crippen LogP contribution in [0.1, 0.15) is 22.4 Å². The largest absolute Gasteiger partial charge is 1.00 e. The van der Waals surface area contributed by atoms with Crippen LogP contribution in [-0.2, 0) is 19.7 Å². The van der Waals surface area contributed by atoms with Gasteiger partial charge >= 0.3 is 0 Å². The highest BCUT2D eigenvalue weighted by Crippen LogP contribution is 2.33. The highest BCUT2D eigenvalue weighted by Gasteiger charge is 2.21. The minimum atomic E-state index is -0.284. The molecular weight excluding hydrogens is 577 g/mol. The summed E-state index contributed by atoms with van der Waals surface area (Å²) >= 11 is 0. The van der Waals surface area contributed by atoms with Gasteiger partial charge in [-0.15, -0.1) is 0 Å². The van der Waals surface area contributed by atoms with E-state index in [-0.39, 0.29) is 34.4 Å². The summed E-state index contributed by atoms with van der Waals surface area (Å²) < 4.78 is 51.7. The van der Waals surface area contributed by atoms with Crippen LogP contribution < -0.4 is 26.3 Å². The number of aromatic nitrogens is 2. The van der Waals surface area contributed by atoms with E-state index in [0.717, 1.165) is 38.6 Å². The van der Waals surface area contributed by atoms with Gasteiger partial charge < -0.3 is 26.3 Å². The molecule has 0 unspecified atom stereocenters. The van der Waals surface area contributed by atoms with E-state index in [4.69, 9.17) is 4.74 Å². The number of aryl methyl sites for hydroxylation is 1. The Morgan fingerprint density at radius 3 is 2.12 bits per heavy atom. The molecule has 40 heavy (non-hydrogen) atoms. The van der Waals surface area contributed by atoms with Crippen molar-refractivity contribution < 1.29 is 39.5 Å². The van der Waals surface area contributed by atoms with Crippen LogP contribution in [0.5, 0.6) is 5.75 Å². The van der Waals surface area contributed by atoms with Crippen molar-refractivity contribution in [3.05, 3.63) is 143 Å². The van der Waals surface area contributed by atoms with Gasteiger partial charge in [-0.25, -0.2) is 13.2 Å². The van der Waals surface area contributed by atoms with Crippen LogP contribution in [0.3, 0.4) is 0 Å². The van der Waals surface area contributed by atoms with Gasteiger partial charge in [-0.05, 0) is 59.7 Å². The summed E-state index contributed by atoms with van der Waals surface area (Å²) in [4.78, 5) is 0. The van der Waals surface area contributed by atoms with Crippen LogP contribution >= 0.6 is 0 Å². The van der Waals surface area contributed by atoms with Crippen LogP contribution in [0.2, 0.25) is 0 Å². The molecule has 0 atom stereocenters. The molecule has 0 aliphatic rings. The fourth-order valence-corrected chi connectivity index (χ4v) is 5.08. The number of ether oxygens (including phenoxy) is 1. The van der Waals surface area contributed by atoms with E-state index in [1.165, 1.54) is 30.3 Å². The molecule has 0 aliphatic carbocycles. The standard InChI is InChI=1S/C33H26F3N2O.BrH/c1-22-33-30(16-17-37(22)20-25-4-2-3-5-31(25)36)29-15-14-28(39-21-24-8-12-27(35)13-9-24)18-32(29)38(33)19-23-6-10-26(34)11-7-23;/h2-18H,19-21H2,1H3;1H/q+1;/p-1. The number of rotatable bonds is 7. The summed E-state index contributed by atoms with van der Waals surface area (Å²) in [6.07, 6.45) is 1.99. The van der Waals surface area contributed by atoms with Crippen LogP contribution in [0.4, 0.5) is 13.2 Å². The minimum absolute atomic E-state index is 0. The maximum Gasteiger partial charge on any atom is 0.203 e. The van der Waals surface area contributed by atoms with Gasteiger partial charge in [-0.3, -0.25) is 0 Å². The Kier molecular flexibility index (Phi) is 7.94. The molecule has 4 aromatic carbocycles. The third-order valence-electron chi connectivity index (χ3n) is 7.14. The third kappa shape index (κ3) is 5.47. The molecule has 6 aromatic rings. The molecule has 2 heterocycles. The van der Waals surface area contributed by atoms with Crippen molar-refractivity contribution in [2.75, 3.05) is 0 Å². The van der Waals surface area contributed by atoms with Gasteiger partial charge in [0.25, 0.3) is 0 Å². The second-order valence-corrected chi connectivity index (χ2v) is 9.69. The Morgan fingerprint density at radius 1 is 0.750 bits per heavy atom. The highest BCUT2D eigenvalue weighted by atomic mass is 79.9. The Bertz CT molecular complexity index is 1800. The van der Waals surface area contributed by atoms with Crippen molar-refractivity contribution in [3.63, 3.8) is 0 Å². The molecular formula is C33H26BrF3N2O. The van der Waals surface area contributed by atoms with Crippen LogP contribution in [0.15, 0.2) is 103 Å². The average molecular weight is 603 g/mol. The fourth-order valence-electron chi connectivity index (χ4n) is 5.08. The first-order valence-electron chi connectivity index (χ1n) is 12.8. The van der Waals surface area contributed by atoms with E-state index in [1.54, 1.807) is 36.4 Å². The smallest absolute Gasteiger partial charge is 0.203 e. The third-order valence-corrected chi connectivity index (χ3v) is 7.14. The van der Waals surface area contributed by atoms with E-state index >= 15 is 0 Å². The van der Waals surface area contributed by atoms with Crippen molar-refractivity contribution in [2.24, 2.45) is 0 Å². The molecule has 0 spiro atoms. The lowest BCUT2D eigenvalue weighted by atomic mass is 10.1. The average Bonchev–Trinajstić information content (AvgIpc) is 3.25. The van der Waals surface area contributed by atoms with Crippen LogP contribution in [-0.4, -0.2) is 4.57 Å². The molecule has 2 aromatic heterocycles. The van der Waals surface area contributed by atoms with Crippen molar-refractivity contribution >= 4 is 21.8 Å². The zero-order valence-electron chi connectivity index (χ0n) is 21.8. The second kappa shape index (κ2) is 11.6. The van der Waals surface area contributed by atoms with Gasteiger partial charge in [0.15, 0.2) is 12.7 Å². The topological polar surface area (TPSA) is 18.0 Å². The molecule has 0 bridgehead atoms. The lowest BCUT2D eigenvalue weighted by Gasteiger charge is -2.11. The molecule has 6 rings (SSSR count). The number of nitrogens with zero attached hydrogens (tertiary/aromatic N) is 2. The summed E-state index contributed by atoms with van der Waals surface area (Å²) in [5, 5.41) is 2.13. The summed E-state index contributed by atoms with van der Waals surface area (Å²) in [5.74, 6) is -0.115. The highest BCUT2D eigenvalue weighted by molar-refractivity contribution is 6.08. The first kappa shape index (κ1) is 27.5. The number of hydrogen-bond donors (Lipinski definition) is 0. The molecule has 0 N–H and O–H groups in total. The van der Waals surface area contributed by atoms with Crippen molar-refractivity contribution in [2.45, 2.75) is 26.6 Å². The first-order chi connectivity index (χ1) is 19.0. The predicted octanol–water partition coefficient (Wildman–Crippen LogP) is 4.49. The van der Waals surface area contributed by atoms with Gasteiger partial charge in [-0.1, -0.05) is 36.4 Å². The molecule has 0 radical (unpaired) electrons. The molecule has 202 valence electrons. The van der Waals surface area contributed by atoms with Gasteiger partial charge in [0.2, 0.25) is 5.69 Å². The van der Waals surface area contributed by atoms with Gasteiger partial charge in [0.05, 0.1) is 11.1 Å². The maximum absolute atomic E-state index is 14.5. The van der Waals surface area contributed by atoms with E-state index in [0.29, 0.717) is 31.0 Å². The lowest BCUT2D eigenvalue weighted by molar-refractivity contribution is -0.693. The number of hydrogen-bond acceptors (Lipinski definition) is 1. The molecule has 0 fully saturated rings. The maximum atomic E-state index is 14.5. The second-order valence-electron chi connectivity index (χ2n) is 9.69. The number of halogens is 4. The van der Waals surface area contributed by atoms with Crippen molar-refractivity contribution in [1.29, 1.82) is 0 Å². The van der Waals surface area contributed by atoms with E-state index < -0.39 is 0 Å². The van der Waals surface area contributed by atoms with Gasteiger partial charge in [0.1, 0.15) is 35.3 Å². The summed E-state index contributed by atoms with van der Waals surface area (Å²) in [7, 11) is 0. The number of fused-ring (bicyclic) bond motifs is 3. The Balaban J connectivity index is 0.00000323. The molecule has 3 nitrogen and oxygen atoms in total. The zero-order valence-corrected chi connectivity index (χ0v) is 23.3. The summed E-state index contributed by atoms with van der Waals surface area (Å²) in [6.45, 7) is 3.27. The lowest BCUT2D eigenvalue weighted by Crippen LogP contribution is -3.00. The molecule has 0 saturated carbocycles. The molecule has 7 heteroatoms. The fraction of sp³-hybridized carbons (Fsp3) is 0.121. The SMILES string of the molecule is Cc1c2c(cc[n+]1Cc1ccccc1F)c1ccc(OCc3ccc(F)cc3)cc1n2Cc1ccc(F)cc1.[Br-]. The normalized spacial score (nSPS) is 11.1. The number of benzene rings is 4. The minimum Gasteiger partial charge on any atom is -1.00 e. The predicted molar refractivity (Wildman–Crippen MR) is 146 cm³/mol. The quantitative estimate of drug-likeness (QED) is 0.246. The van der Waals surface area contributed by atoms with E-state index in [2.05, 4.69) is 10.6 Å². The Labute approximate surface area is 240 Å². The van der Waals surface area contributed by atoms with Crippen LogP contribution in [0.25, 0.3) is 21.8 Å². The zero-order chi connectivity index (χ0) is 26.9. The monoisotopic (exact) mass is 602 g/mol. The number of pyridine rings is 1. The first-order valence-corrected chi connectivity index (χ1v) is 12.8. The van der Waals surface area contributed by atoms with Crippen molar-refractivity contribution in [3.8, 4) is 5.75 Å². The van der Waals surface area contributed by atoms with Gasteiger partial charge in [-0.2, -0.15) is 4.57 Å². The van der Waals surface area contributed by atoms with E-state index in [1.807, 2.05) is 42.0 Å². The molecule has 0 amide bonds. The Morgan fingerprint density at radius 2 is 1.43 bits per heavy atom. The molecule has 0 saturated heterocycles. The van der Waals surface area contributed by atoms with E-state index in [9.17, 15) is 13.2 Å². The van der Waals surface area contributed by atoms with Crippen molar-refractivity contribution in [1.82, 2.24) is 4.57 Å². The summed E-state index contributed by atoms with van der Waals surface area (Å²) in [6, 6.07) is 27.6.